The number of esters is 4. The molecule has 10 nitrogen and oxygen atoms in total. The topological polar surface area (TPSA) is 135 Å². The van der Waals surface area contributed by atoms with Gasteiger partial charge in [0.1, 0.15) is 18.1 Å². The molecule has 0 radical (unpaired) electrons. The lowest BCUT2D eigenvalue weighted by Crippen LogP contribution is -2.72. The van der Waals surface area contributed by atoms with Crippen LogP contribution >= 0.6 is 11.8 Å². The molecule has 2 unspecified atom stereocenters. The molecule has 2 aliphatic heterocycles. The summed E-state index contributed by atoms with van der Waals surface area (Å²) in [7, 11) is 0. The molecule has 6 atom stereocenters. The third-order valence-corrected chi connectivity index (χ3v) is 5.95. The predicted molar refractivity (Wildman–Crippen MR) is 103 cm³/mol. The summed E-state index contributed by atoms with van der Waals surface area (Å²) in [5, 5.41) is 10.3. The van der Waals surface area contributed by atoms with Crippen LogP contribution in [0.15, 0.2) is 0 Å². The molecule has 2 saturated heterocycles. The van der Waals surface area contributed by atoms with Crippen molar-refractivity contribution >= 4 is 35.6 Å². The van der Waals surface area contributed by atoms with Crippen molar-refractivity contribution in [3.05, 3.63) is 0 Å². The van der Waals surface area contributed by atoms with Crippen LogP contribution in [0.4, 0.5) is 0 Å². The van der Waals surface area contributed by atoms with Gasteiger partial charge in [-0.1, -0.05) is 0 Å². The number of hydrogen-bond donors (Lipinski definition) is 1. The van der Waals surface area contributed by atoms with Crippen LogP contribution in [-0.2, 0) is 42.9 Å². The number of rotatable bonds is 6. The fourth-order valence-corrected chi connectivity index (χ4v) is 4.89. The van der Waals surface area contributed by atoms with E-state index in [1.54, 1.807) is 0 Å². The van der Waals surface area contributed by atoms with Crippen molar-refractivity contribution in [1.29, 1.82) is 0 Å². The van der Waals surface area contributed by atoms with Crippen LogP contribution in [0.25, 0.3) is 0 Å². The Kier molecular flexibility index (Phi) is 7.95. The number of thioether (sulfide) groups is 1. The molecule has 2 aliphatic rings. The summed E-state index contributed by atoms with van der Waals surface area (Å²) in [6.45, 7) is 4.40. The monoisotopic (exact) mass is 449 g/mol. The first kappa shape index (κ1) is 22.8. The van der Waals surface area contributed by atoms with Gasteiger partial charge >= 0.3 is 23.9 Å². The molecule has 0 aromatic carbocycles. The molecule has 2 fully saturated rings. The highest BCUT2D eigenvalue weighted by molar-refractivity contribution is 8.00. The molecule has 0 aliphatic carbocycles. The van der Waals surface area contributed by atoms with Crippen molar-refractivity contribution in [2.75, 3.05) is 13.2 Å². The average molecular weight is 449 g/mol. The van der Waals surface area contributed by atoms with Crippen LogP contribution in [0.1, 0.15) is 48.3 Å². The predicted octanol–water partition coefficient (Wildman–Crippen LogP) is 0.718. The van der Waals surface area contributed by atoms with Gasteiger partial charge in [0.15, 0.2) is 12.2 Å². The molecule has 170 valence electrons. The molecule has 0 aromatic rings. The lowest BCUT2D eigenvalue weighted by Gasteiger charge is -2.53. The molecule has 2 heterocycles. The van der Waals surface area contributed by atoms with E-state index < -0.39 is 58.5 Å². The molecule has 11 heteroatoms. The maximum atomic E-state index is 12.1. The van der Waals surface area contributed by atoms with Crippen LogP contribution in [0.5, 0.6) is 0 Å². The first-order valence-electron chi connectivity index (χ1n) is 10.1. The smallest absolute Gasteiger partial charge is 0.303 e. The van der Waals surface area contributed by atoms with Gasteiger partial charge in [0.05, 0.1) is 6.62 Å². The second-order valence-corrected chi connectivity index (χ2v) is 8.34. The van der Waals surface area contributed by atoms with Crippen LogP contribution in [0, 0.1) is 0 Å². The van der Waals surface area contributed by atoms with Gasteiger partial charge in [-0.25, -0.2) is 0 Å². The van der Waals surface area contributed by atoms with E-state index in [2.05, 4.69) is 0 Å². The van der Waals surface area contributed by atoms with E-state index in [0.29, 0.717) is 24.6 Å². The van der Waals surface area contributed by atoms with Gasteiger partial charge in [0, 0.05) is 34.3 Å². The number of carbonyl (C=O) groups excluding carboxylic acids is 4. The van der Waals surface area contributed by atoms with Gasteiger partial charge in [-0.2, -0.15) is 0 Å². The summed E-state index contributed by atoms with van der Waals surface area (Å²) in [5.41, 5.74) is -4.80. The van der Waals surface area contributed by atoms with E-state index in [1.165, 1.54) is 6.92 Å². The Hall–Kier alpha value is -1.85. The first-order valence-corrected chi connectivity index (χ1v) is 10.5. The standard InChI is InChI=1S/C19H28O10S/c1-10(20)26-9-14-16(27-11(2)21)17(28-12(3)22)19(18(24)30-14,29-13(4)23)15-7-5-6-8-25-15/h14-18,24H,5-9H2,1-4H3/t14-,15?,16-,17+,18?,19-/m1/s1/i18D. The van der Waals surface area contributed by atoms with E-state index in [0.717, 1.165) is 27.2 Å². The molecule has 0 spiro atoms. The number of carbonyl (C=O) groups is 4. The molecule has 0 aromatic heterocycles. The van der Waals surface area contributed by atoms with Crippen molar-refractivity contribution < 1.29 is 49.3 Å². The Morgan fingerprint density at radius 3 is 2.23 bits per heavy atom. The van der Waals surface area contributed by atoms with Crippen molar-refractivity contribution in [2.45, 2.75) is 81.5 Å². The van der Waals surface area contributed by atoms with Gasteiger partial charge in [0.2, 0.25) is 5.60 Å². The molecule has 0 bridgehead atoms. The fourth-order valence-electron chi connectivity index (χ4n) is 3.66. The molecule has 1 N–H and O–H groups in total. The highest BCUT2D eigenvalue weighted by Gasteiger charge is 2.65. The third kappa shape index (κ3) is 5.64. The Bertz CT molecular complexity index is 708. The maximum absolute atomic E-state index is 12.1. The summed E-state index contributed by atoms with van der Waals surface area (Å²) >= 11 is 0.573. The quantitative estimate of drug-likeness (QED) is 0.454. The van der Waals surface area contributed by atoms with Gasteiger partial charge < -0.3 is 28.8 Å². The van der Waals surface area contributed by atoms with Gasteiger partial charge in [-0.15, -0.1) is 11.8 Å². The van der Waals surface area contributed by atoms with E-state index in [9.17, 15) is 24.3 Å². The molecule has 0 saturated carbocycles. The summed E-state index contributed by atoms with van der Waals surface area (Å²) in [5.74, 6) is -3.04. The van der Waals surface area contributed by atoms with Gasteiger partial charge in [-0.3, -0.25) is 19.2 Å². The Balaban J connectivity index is 2.65. The van der Waals surface area contributed by atoms with Crippen LogP contribution < -0.4 is 0 Å². The minimum atomic E-state index is -2.59. The maximum Gasteiger partial charge on any atom is 0.303 e. The van der Waals surface area contributed by atoms with E-state index in [1.807, 2.05) is 0 Å². The summed E-state index contributed by atoms with van der Waals surface area (Å²) in [6.07, 6.45) is -2.25. The van der Waals surface area contributed by atoms with Gasteiger partial charge in [0.25, 0.3) is 0 Å². The summed E-state index contributed by atoms with van der Waals surface area (Å²) < 4.78 is 35.9. The Labute approximate surface area is 180 Å². The Morgan fingerprint density at radius 1 is 1.07 bits per heavy atom. The van der Waals surface area contributed by atoms with Crippen molar-refractivity contribution in [3.8, 4) is 0 Å². The van der Waals surface area contributed by atoms with Crippen molar-refractivity contribution in [3.63, 3.8) is 0 Å². The summed E-state index contributed by atoms with van der Waals surface area (Å²) in [4.78, 5) is 47.3. The normalized spacial score (nSPS) is 36.8. The van der Waals surface area contributed by atoms with E-state index in [-0.39, 0.29) is 13.2 Å². The van der Waals surface area contributed by atoms with Crippen LogP contribution in [0.2, 0.25) is 0 Å². The SMILES string of the molecule is [2H]C1(O)S[C@H](COC(C)=O)[C@@H](OC(C)=O)[C@H](OC(C)=O)[C@]1(OC(C)=O)C1CCCCO1. The van der Waals surface area contributed by atoms with Crippen LogP contribution in [0.3, 0.4) is 0 Å². The zero-order valence-corrected chi connectivity index (χ0v) is 18.2. The second-order valence-electron chi connectivity index (χ2n) is 7.11. The molecule has 30 heavy (non-hydrogen) atoms. The average Bonchev–Trinajstić information content (AvgIpc) is 2.65. The fraction of sp³-hybridized carbons (Fsp3) is 0.789. The second kappa shape index (κ2) is 10.5. The molecule has 0 amide bonds. The largest absolute Gasteiger partial charge is 0.465 e. The first-order chi connectivity index (χ1) is 14.4. The highest BCUT2D eigenvalue weighted by Crippen LogP contribution is 2.47. The lowest BCUT2D eigenvalue weighted by molar-refractivity contribution is -0.253. The highest BCUT2D eigenvalue weighted by atomic mass is 32.2. The number of aliphatic hydroxyl groups is 1. The van der Waals surface area contributed by atoms with Crippen LogP contribution in [-0.4, -0.2) is 76.8 Å². The number of hydrogen-bond acceptors (Lipinski definition) is 11. The molecular formula is C19H28O10S. The minimum absolute atomic E-state index is 0.274. The van der Waals surface area contributed by atoms with E-state index in [4.69, 9.17) is 25.1 Å². The lowest BCUT2D eigenvalue weighted by atomic mass is 9.81. The molecule has 2 rings (SSSR count). The Morgan fingerprint density at radius 2 is 1.73 bits per heavy atom. The third-order valence-electron chi connectivity index (χ3n) is 4.70. The zero-order valence-electron chi connectivity index (χ0n) is 18.4. The molecular weight excluding hydrogens is 420 g/mol. The minimum Gasteiger partial charge on any atom is -0.465 e. The van der Waals surface area contributed by atoms with E-state index >= 15 is 0 Å². The summed E-state index contributed by atoms with van der Waals surface area (Å²) in [6, 6.07) is 0. The number of ether oxygens (including phenoxy) is 5. The van der Waals surface area contributed by atoms with Crippen molar-refractivity contribution in [2.24, 2.45) is 0 Å². The van der Waals surface area contributed by atoms with Gasteiger partial charge in [-0.05, 0) is 19.3 Å². The van der Waals surface area contributed by atoms with Crippen molar-refractivity contribution in [1.82, 2.24) is 0 Å². The zero-order chi connectivity index (χ0) is 23.4.